The van der Waals surface area contributed by atoms with E-state index < -0.39 is 11.2 Å². The Bertz CT molecular complexity index is 1440. The highest BCUT2D eigenvalue weighted by Gasteiger charge is 2.27. The monoisotopic (exact) mass is 456 g/mol. The van der Waals surface area contributed by atoms with Crippen LogP contribution in [0, 0.1) is 0 Å². The molecule has 2 N–H and O–H groups in total. The van der Waals surface area contributed by atoms with Crippen LogP contribution in [0.3, 0.4) is 0 Å². The zero-order valence-electron chi connectivity index (χ0n) is 17.4. The van der Waals surface area contributed by atoms with E-state index in [0.717, 1.165) is 18.4 Å². The number of oxazole rings is 1. The summed E-state index contributed by atoms with van der Waals surface area (Å²) < 4.78 is 7.15. The van der Waals surface area contributed by atoms with Gasteiger partial charge in [0, 0.05) is 43.9 Å². The highest BCUT2D eigenvalue weighted by Crippen LogP contribution is 2.31. The highest BCUT2D eigenvalue weighted by atomic mass is 35.5. The van der Waals surface area contributed by atoms with Gasteiger partial charge in [-0.3, -0.25) is 19.1 Å². The van der Waals surface area contributed by atoms with Crippen molar-refractivity contribution in [1.82, 2.24) is 29.4 Å². The van der Waals surface area contributed by atoms with E-state index in [2.05, 4.69) is 19.9 Å². The van der Waals surface area contributed by atoms with Gasteiger partial charge in [-0.05, 0) is 31.0 Å². The Morgan fingerprint density at radius 2 is 2.00 bits per heavy atom. The van der Waals surface area contributed by atoms with Gasteiger partial charge >= 0.3 is 5.69 Å². The van der Waals surface area contributed by atoms with Crippen LogP contribution in [0.1, 0.15) is 36.9 Å². The molecule has 32 heavy (non-hydrogen) atoms. The lowest BCUT2D eigenvalue weighted by Gasteiger charge is -2.30. The molecule has 1 amide bonds. The Balaban J connectivity index is 1.21. The molecule has 4 heterocycles. The van der Waals surface area contributed by atoms with E-state index in [4.69, 9.17) is 16.0 Å². The van der Waals surface area contributed by atoms with Crippen LogP contribution in [0.25, 0.3) is 22.3 Å². The molecule has 166 valence electrons. The molecule has 1 aliphatic rings. The summed E-state index contributed by atoms with van der Waals surface area (Å²) in [6.07, 6.45) is 2.16. The number of carbonyl (C=O) groups is 1. The number of benzene rings is 1. The van der Waals surface area contributed by atoms with Gasteiger partial charge in [0.05, 0.1) is 0 Å². The Morgan fingerprint density at radius 1 is 1.22 bits per heavy atom. The minimum Gasteiger partial charge on any atom is -0.440 e. The number of halogens is 1. The van der Waals surface area contributed by atoms with Gasteiger partial charge in [0.2, 0.25) is 5.91 Å². The number of hydrogen-bond acceptors (Lipinski definition) is 6. The molecule has 11 heteroatoms. The fraction of sp³-hybridized carbons (Fsp3) is 0.381. The van der Waals surface area contributed by atoms with Gasteiger partial charge in [0.25, 0.3) is 5.56 Å². The second-order valence-electron chi connectivity index (χ2n) is 8.02. The van der Waals surface area contributed by atoms with Crippen molar-refractivity contribution in [2.75, 3.05) is 13.1 Å². The van der Waals surface area contributed by atoms with Gasteiger partial charge < -0.3 is 14.3 Å². The van der Waals surface area contributed by atoms with E-state index in [1.807, 2.05) is 11.0 Å². The number of amides is 1. The maximum Gasteiger partial charge on any atom is 0.329 e. The predicted molar refractivity (Wildman–Crippen MR) is 118 cm³/mol. The molecule has 0 unspecified atom stereocenters. The normalized spacial score (nSPS) is 15.1. The number of aromatic amines is 2. The molecule has 1 saturated heterocycles. The number of fused-ring (bicyclic) bond motifs is 2. The Hall–Kier alpha value is -3.40. The quantitative estimate of drug-likeness (QED) is 0.483. The third-order valence-corrected chi connectivity index (χ3v) is 6.18. The van der Waals surface area contributed by atoms with Crippen LogP contribution in [-0.4, -0.2) is 48.4 Å². The van der Waals surface area contributed by atoms with E-state index in [0.29, 0.717) is 41.8 Å². The van der Waals surface area contributed by atoms with E-state index in [9.17, 15) is 14.4 Å². The molecule has 0 saturated carbocycles. The van der Waals surface area contributed by atoms with Crippen LogP contribution in [0.5, 0.6) is 0 Å². The molecule has 3 aromatic heterocycles. The minimum absolute atomic E-state index is 0.0241. The fourth-order valence-electron chi connectivity index (χ4n) is 4.12. The van der Waals surface area contributed by atoms with E-state index >= 15 is 0 Å². The number of aryl methyl sites for hydroxylation is 2. The molecule has 4 aromatic rings. The standard InChI is InChI=1S/C21H21ClN6O4/c1-27-18-17(19(30)26-21(27)31)24-15(25-18)4-5-16(29)28-8-6-11(7-9-28)20-23-13-10-12(22)2-3-14(13)32-20/h2-3,10-11H,4-9H2,1H3,(H,24,25)(H,26,30,31). The average Bonchev–Trinajstić information content (AvgIpc) is 3.40. The summed E-state index contributed by atoms with van der Waals surface area (Å²) in [7, 11) is 1.53. The molecule has 0 spiro atoms. The van der Waals surface area contributed by atoms with Crippen LogP contribution in [0.15, 0.2) is 32.2 Å². The zero-order chi connectivity index (χ0) is 22.4. The topological polar surface area (TPSA) is 130 Å². The van der Waals surface area contributed by atoms with Crippen molar-refractivity contribution in [2.24, 2.45) is 7.05 Å². The number of nitrogens with zero attached hydrogens (tertiary/aromatic N) is 4. The van der Waals surface area contributed by atoms with Crippen LogP contribution in [-0.2, 0) is 18.3 Å². The summed E-state index contributed by atoms with van der Waals surface area (Å²) in [5.41, 5.74) is 0.924. The molecule has 0 atom stereocenters. The molecule has 1 aliphatic heterocycles. The van der Waals surface area contributed by atoms with Gasteiger partial charge in [-0.2, -0.15) is 0 Å². The molecule has 1 aromatic carbocycles. The first-order chi connectivity index (χ1) is 15.4. The van der Waals surface area contributed by atoms with Crippen molar-refractivity contribution >= 4 is 39.8 Å². The first-order valence-electron chi connectivity index (χ1n) is 10.4. The molecule has 0 radical (unpaired) electrons. The van der Waals surface area contributed by atoms with Gasteiger partial charge in [0.15, 0.2) is 17.1 Å². The summed E-state index contributed by atoms with van der Waals surface area (Å²) in [4.78, 5) is 52.2. The molecule has 1 fully saturated rings. The number of nitrogens with one attached hydrogen (secondary N) is 2. The summed E-state index contributed by atoms with van der Waals surface area (Å²) in [5.74, 6) is 1.37. The first-order valence-corrected chi connectivity index (χ1v) is 10.8. The largest absolute Gasteiger partial charge is 0.440 e. The highest BCUT2D eigenvalue weighted by molar-refractivity contribution is 6.31. The smallest absolute Gasteiger partial charge is 0.329 e. The molecule has 0 aliphatic carbocycles. The van der Waals surface area contributed by atoms with E-state index in [1.54, 1.807) is 12.1 Å². The van der Waals surface area contributed by atoms with E-state index in [-0.39, 0.29) is 29.4 Å². The second-order valence-corrected chi connectivity index (χ2v) is 8.46. The first kappa shape index (κ1) is 20.5. The van der Waals surface area contributed by atoms with Crippen molar-refractivity contribution in [1.29, 1.82) is 0 Å². The van der Waals surface area contributed by atoms with Crippen LogP contribution in [0.2, 0.25) is 5.02 Å². The van der Waals surface area contributed by atoms with Crippen molar-refractivity contribution in [3.63, 3.8) is 0 Å². The van der Waals surface area contributed by atoms with Crippen molar-refractivity contribution < 1.29 is 9.21 Å². The average molecular weight is 457 g/mol. The third kappa shape index (κ3) is 3.70. The maximum absolute atomic E-state index is 12.7. The summed E-state index contributed by atoms with van der Waals surface area (Å²) in [6.45, 7) is 1.24. The summed E-state index contributed by atoms with van der Waals surface area (Å²) in [6, 6.07) is 5.38. The Kier molecular flexibility index (Phi) is 5.09. The SMILES string of the molecule is Cn1c(=O)[nH]c(=O)c2[nH]c(CCC(=O)N3CCC(c4nc5cc(Cl)ccc5o4)CC3)nc21. The number of likely N-dealkylation sites (tertiary alicyclic amines) is 1. The van der Waals surface area contributed by atoms with Gasteiger partial charge in [-0.15, -0.1) is 0 Å². The number of imidazole rings is 1. The van der Waals surface area contributed by atoms with Gasteiger partial charge in [-0.25, -0.2) is 14.8 Å². The number of H-pyrrole nitrogens is 2. The summed E-state index contributed by atoms with van der Waals surface area (Å²) in [5, 5.41) is 0.619. The lowest BCUT2D eigenvalue weighted by molar-refractivity contribution is -0.132. The molecular formula is C21H21ClN6O4. The second kappa shape index (κ2) is 7.94. The van der Waals surface area contributed by atoms with Crippen molar-refractivity contribution in [3.05, 3.63) is 55.8 Å². The Morgan fingerprint density at radius 3 is 2.78 bits per heavy atom. The fourth-order valence-corrected chi connectivity index (χ4v) is 4.29. The zero-order valence-corrected chi connectivity index (χ0v) is 18.1. The number of hydrogen-bond donors (Lipinski definition) is 2. The van der Waals surface area contributed by atoms with E-state index in [1.165, 1.54) is 11.6 Å². The van der Waals surface area contributed by atoms with Crippen molar-refractivity contribution in [2.45, 2.75) is 31.6 Å². The minimum atomic E-state index is -0.526. The lowest BCUT2D eigenvalue weighted by Crippen LogP contribution is -2.38. The molecule has 0 bridgehead atoms. The lowest BCUT2D eigenvalue weighted by atomic mass is 9.96. The maximum atomic E-state index is 12.7. The Labute approximate surface area is 186 Å². The van der Waals surface area contributed by atoms with Crippen LogP contribution < -0.4 is 11.2 Å². The van der Waals surface area contributed by atoms with Crippen molar-refractivity contribution in [3.8, 4) is 0 Å². The predicted octanol–water partition coefficient (Wildman–Crippen LogP) is 2.08. The third-order valence-electron chi connectivity index (χ3n) is 5.94. The van der Waals surface area contributed by atoms with Gasteiger partial charge in [-0.1, -0.05) is 11.6 Å². The number of rotatable bonds is 4. The molecule has 5 rings (SSSR count). The summed E-state index contributed by atoms with van der Waals surface area (Å²) >= 11 is 6.02. The number of carbonyl (C=O) groups excluding carboxylic acids is 1. The molecule has 10 nitrogen and oxygen atoms in total. The number of piperidine rings is 1. The van der Waals surface area contributed by atoms with Gasteiger partial charge in [0.1, 0.15) is 16.9 Å². The van der Waals surface area contributed by atoms with Crippen LogP contribution >= 0.6 is 11.6 Å². The number of aromatic nitrogens is 5. The molecular weight excluding hydrogens is 436 g/mol. The van der Waals surface area contributed by atoms with Crippen LogP contribution in [0.4, 0.5) is 0 Å².